The molecule has 0 bridgehead atoms. The standard InChI is InChI=1S/C24H21N2.C13H24O2.Ir/c1-14(2)16-11-18-20(25-12-16)13-26-23-17-9-5-7-15-8-6-10-19(21(15)17)24(3,4)22(18)23;1-5-10(6-2)12(14)9-13(15)11(7-3)8-4;/h5-8,10-14H,1-4H3;9-11,14H,5-8H2,1-4H3;/q-1;;/b;12-9-;. The zero-order valence-electron chi connectivity index (χ0n) is 26.3. The summed E-state index contributed by atoms with van der Waals surface area (Å²) in [5.74, 6) is 0.996. The molecule has 0 saturated heterocycles. The number of aromatic nitrogens is 2. The van der Waals surface area contributed by atoms with Crippen LogP contribution in [0.2, 0.25) is 0 Å². The molecule has 5 heteroatoms. The largest absolute Gasteiger partial charge is 0.512 e. The quantitative estimate of drug-likeness (QED) is 0.111. The van der Waals surface area contributed by atoms with Gasteiger partial charge in [0.15, 0.2) is 5.78 Å². The van der Waals surface area contributed by atoms with Crippen LogP contribution < -0.4 is 0 Å². The van der Waals surface area contributed by atoms with E-state index < -0.39 is 0 Å². The summed E-state index contributed by atoms with van der Waals surface area (Å²) in [6, 6.07) is 16.5. The summed E-state index contributed by atoms with van der Waals surface area (Å²) in [7, 11) is 0. The van der Waals surface area contributed by atoms with Crippen molar-refractivity contribution in [2.45, 2.75) is 92.4 Å². The second-order valence-electron chi connectivity index (χ2n) is 12.1. The van der Waals surface area contributed by atoms with E-state index >= 15 is 0 Å². The summed E-state index contributed by atoms with van der Waals surface area (Å²) in [4.78, 5) is 21.3. The summed E-state index contributed by atoms with van der Waals surface area (Å²) >= 11 is 0. The third-order valence-electron chi connectivity index (χ3n) is 8.88. The number of hydrogen-bond donors (Lipinski definition) is 1. The molecular formula is C37H45IrN2O2-. The molecule has 225 valence electrons. The maximum Gasteiger partial charge on any atom is 0.162 e. The first-order chi connectivity index (χ1) is 19.6. The Hall–Kier alpha value is -2.88. The van der Waals surface area contributed by atoms with Crippen LogP contribution in [0, 0.1) is 17.9 Å². The van der Waals surface area contributed by atoms with Gasteiger partial charge in [0.05, 0.1) is 11.3 Å². The minimum absolute atomic E-state index is 0. The molecule has 0 saturated carbocycles. The van der Waals surface area contributed by atoms with Gasteiger partial charge in [-0.15, -0.1) is 29.1 Å². The van der Waals surface area contributed by atoms with E-state index in [1.807, 2.05) is 46.2 Å². The second kappa shape index (κ2) is 14.1. The third-order valence-corrected chi connectivity index (χ3v) is 8.88. The van der Waals surface area contributed by atoms with Crippen molar-refractivity contribution in [2.75, 3.05) is 0 Å². The minimum Gasteiger partial charge on any atom is -0.512 e. The smallest absolute Gasteiger partial charge is 0.162 e. The summed E-state index contributed by atoms with van der Waals surface area (Å²) in [6.07, 6.45) is 8.80. The van der Waals surface area contributed by atoms with Gasteiger partial charge in [0.1, 0.15) is 0 Å². The summed E-state index contributed by atoms with van der Waals surface area (Å²) in [5.41, 5.74) is 6.88. The van der Waals surface area contributed by atoms with E-state index in [0.29, 0.717) is 5.92 Å². The normalized spacial score (nSPS) is 13.6. The molecule has 1 aliphatic rings. The van der Waals surface area contributed by atoms with Crippen LogP contribution >= 0.6 is 0 Å². The first kappa shape index (κ1) is 33.6. The Morgan fingerprint density at radius 2 is 1.64 bits per heavy atom. The van der Waals surface area contributed by atoms with Crippen molar-refractivity contribution in [1.29, 1.82) is 0 Å². The van der Waals surface area contributed by atoms with Crippen molar-refractivity contribution in [1.82, 2.24) is 9.97 Å². The van der Waals surface area contributed by atoms with Gasteiger partial charge >= 0.3 is 0 Å². The monoisotopic (exact) mass is 742 g/mol. The first-order valence-corrected chi connectivity index (χ1v) is 15.3. The Morgan fingerprint density at radius 3 is 2.26 bits per heavy atom. The molecule has 2 aromatic heterocycles. The Bertz CT molecular complexity index is 1570. The summed E-state index contributed by atoms with van der Waals surface area (Å²) in [5, 5.41) is 13.5. The number of aliphatic hydroxyl groups is 1. The zero-order valence-corrected chi connectivity index (χ0v) is 28.7. The van der Waals surface area contributed by atoms with E-state index in [1.165, 1.54) is 38.9 Å². The molecule has 0 fully saturated rings. The van der Waals surface area contributed by atoms with Gasteiger partial charge in [-0.2, -0.15) is 0 Å². The molecule has 0 atom stereocenters. The maximum absolute atomic E-state index is 11.7. The number of aliphatic hydroxyl groups excluding tert-OH is 1. The molecule has 4 aromatic rings. The van der Waals surface area contributed by atoms with Gasteiger partial charge in [0.2, 0.25) is 0 Å². The Balaban J connectivity index is 0.000000263. The van der Waals surface area contributed by atoms with Crippen molar-refractivity contribution < 1.29 is 30.0 Å². The number of pyridine rings is 2. The number of rotatable bonds is 8. The van der Waals surface area contributed by atoms with Crippen molar-refractivity contribution in [3.8, 4) is 11.3 Å². The molecule has 0 amide bonds. The van der Waals surface area contributed by atoms with Gasteiger partial charge in [-0.1, -0.05) is 84.5 Å². The van der Waals surface area contributed by atoms with Crippen LogP contribution in [0.25, 0.3) is 32.9 Å². The van der Waals surface area contributed by atoms with Crippen LogP contribution in [0.3, 0.4) is 0 Å². The minimum atomic E-state index is -0.138. The molecule has 2 heterocycles. The molecule has 0 unspecified atom stereocenters. The summed E-state index contributed by atoms with van der Waals surface area (Å²) < 4.78 is 0. The predicted octanol–water partition coefficient (Wildman–Crippen LogP) is 9.88. The van der Waals surface area contributed by atoms with Gasteiger partial charge in [0.25, 0.3) is 0 Å². The van der Waals surface area contributed by atoms with E-state index in [2.05, 4.69) is 64.1 Å². The summed E-state index contributed by atoms with van der Waals surface area (Å²) in [6.45, 7) is 17.1. The number of nitrogens with zero attached hydrogens (tertiary/aromatic N) is 2. The van der Waals surface area contributed by atoms with Crippen LogP contribution in [0.15, 0.2) is 60.6 Å². The van der Waals surface area contributed by atoms with Gasteiger partial charge in [0, 0.05) is 55.8 Å². The van der Waals surface area contributed by atoms with Gasteiger partial charge in [-0.25, -0.2) is 0 Å². The number of fused-ring (bicyclic) bond motifs is 4. The average Bonchev–Trinajstić information content (AvgIpc) is 2.96. The molecule has 42 heavy (non-hydrogen) atoms. The first-order valence-electron chi connectivity index (χ1n) is 15.3. The fourth-order valence-corrected chi connectivity index (χ4v) is 6.15. The van der Waals surface area contributed by atoms with Crippen LogP contribution in [-0.2, 0) is 30.3 Å². The number of hydrogen-bond acceptors (Lipinski definition) is 4. The van der Waals surface area contributed by atoms with Gasteiger partial charge in [-0.05, 0) is 59.9 Å². The van der Waals surface area contributed by atoms with Crippen molar-refractivity contribution >= 4 is 27.5 Å². The van der Waals surface area contributed by atoms with E-state index in [0.717, 1.165) is 42.5 Å². The Labute approximate surface area is 265 Å². The number of carbonyl (C=O) groups excluding carboxylic acids is 1. The second-order valence-corrected chi connectivity index (χ2v) is 12.1. The van der Waals surface area contributed by atoms with Gasteiger partial charge in [-0.3, -0.25) is 9.78 Å². The number of benzene rings is 2. The molecule has 2 aromatic carbocycles. The number of allylic oxidation sites excluding steroid dienone is 2. The predicted molar refractivity (Wildman–Crippen MR) is 171 cm³/mol. The topological polar surface area (TPSA) is 63.1 Å². The van der Waals surface area contributed by atoms with E-state index in [4.69, 9.17) is 9.97 Å². The van der Waals surface area contributed by atoms with E-state index in [-0.39, 0.29) is 48.9 Å². The van der Waals surface area contributed by atoms with Crippen LogP contribution in [-0.4, -0.2) is 20.9 Å². The Kier molecular flexibility index (Phi) is 11.3. The van der Waals surface area contributed by atoms with E-state index in [1.54, 1.807) is 0 Å². The van der Waals surface area contributed by atoms with Crippen molar-refractivity contribution in [2.24, 2.45) is 11.8 Å². The molecule has 4 nitrogen and oxygen atoms in total. The fraction of sp³-hybridized carbons (Fsp3) is 0.432. The van der Waals surface area contributed by atoms with E-state index in [9.17, 15) is 9.90 Å². The third kappa shape index (κ3) is 6.38. The number of ketones is 1. The van der Waals surface area contributed by atoms with Crippen LogP contribution in [0.5, 0.6) is 0 Å². The van der Waals surface area contributed by atoms with Crippen LogP contribution in [0.1, 0.15) is 104 Å². The molecule has 1 aliphatic carbocycles. The fourth-order valence-electron chi connectivity index (χ4n) is 6.15. The van der Waals surface area contributed by atoms with Crippen molar-refractivity contribution in [3.63, 3.8) is 0 Å². The van der Waals surface area contributed by atoms with Crippen LogP contribution in [0.4, 0.5) is 0 Å². The van der Waals surface area contributed by atoms with Gasteiger partial charge < -0.3 is 10.1 Å². The number of carbonyl (C=O) groups is 1. The maximum atomic E-state index is 11.7. The van der Waals surface area contributed by atoms with Crippen molar-refractivity contribution in [3.05, 3.63) is 83.4 Å². The molecule has 5 rings (SSSR count). The molecule has 0 aliphatic heterocycles. The Morgan fingerprint density at radius 1 is 0.976 bits per heavy atom. The zero-order chi connectivity index (χ0) is 29.9. The molecule has 1 radical (unpaired) electrons. The average molecular weight is 742 g/mol. The molecule has 1 N–H and O–H groups in total. The molecule has 0 spiro atoms. The SMILES string of the molecule is CC(C)c1cnc2cnc3c(c2c1)C(C)(C)c1cccc2cc[c-]c-3c12.CCC(CC)C(=O)/C=C(\O)C(CC)CC.[Ir]. The molecular weight excluding hydrogens is 697 g/mol.